The zero-order valence-corrected chi connectivity index (χ0v) is 39.8. The number of unbranched alkanes of at least 4 members (excludes halogenated alkanes) is 34. The van der Waals surface area contributed by atoms with Gasteiger partial charge >= 0.3 is 0 Å². The van der Waals surface area contributed by atoms with E-state index >= 15 is 0 Å². The van der Waals surface area contributed by atoms with Gasteiger partial charge in [-0.05, 0) is 12.8 Å². The average molecular weight is 872 g/mol. The van der Waals surface area contributed by atoms with E-state index in [1.165, 1.54) is 193 Å². The highest BCUT2D eigenvalue weighted by molar-refractivity contribution is 5.76. The van der Waals surface area contributed by atoms with Gasteiger partial charge in [0.05, 0.1) is 25.4 Å². The number of hydrogen-bond acceptors (Lipinski definition) is 9. The lowest BCUT2D eigenvalue weighted by Crippen LogP contribution is -2.60. The predicted octanol–water partition coefficient (Wildman–Crippen LogP) is 10.9. The minimum Gasteiger partial charge on any atom is -0.394 e. The third kappa shape index (κ3) is 31.6. The Labute approximate surface area is 375 Å². The summed E-state index contributed by atoms with van der Waals surface area (Å²) in [5.41, 5.74) is 0. The molecule has 0 radical (unpaired) electrons. The van der Waals surface area contributed by atoms with Gasteiger partial charge in [-0.2, -0.15) is 0 Å². The van der Waals surface area contributed by atoms with Crippen LogP contribution in [-0.2, 0) is 14.3 Å². The van der Waals surface area contributed by atoms with E-state index < -0.39 is 55.6 Å². The van der Waals surface area contributed by atoms with E-state index in [-0.39, 0.29) is 18.9 Å². The summed E-state index contributed by atoms with van der Waals surface area (Å²) in [6, 6.07) is -0.985. The summed E-state index contributed by atoms with van der Waals surface area (Å²) in [5.74, 6) is -0.252. The molecule has 5 unspecified atom stereocenters. The van der Waals surface area contributed by atoms with Crippen LogP contribution in [0.3, 0.4) is 0 Å². The van der Waals surface area contributed by atoms with Gasteiger partial charge in [-0.15, -0.1) is 0 Å². The second-order valence-corrected chi connectivity index (χ2v) is 18.8. The molecule has 1 rings (SSSR count). The molecule has 10 nitrogen and oxygen atoms in total. The van der Waals surface area contributed by atoms with Gasteiger partial charge in [0.25, 0.3) is 0 Å². The third-order valence-corrected chi connectivity index (χ3v) is 13.1. The molecule has 61 heavy (non-hydrogen) atoms. The number of aliphatic hydroxyl groups is 6. The van der Waals surface area contributed by atoms with E-state index in [0.29, 0.717) is 6.42 Å². The first-order valence-electron chi connectivity index (χ1n) is 26.3. The molecule has 1 aliphatic rings. The average Bonchev–Trinajstić information content (AvgIpc) is 3.26. The number of carbonyl (C=O) groups is 1. The predicted molar refractivity (Wildman–Crippen MR) is 250 cm³/mol. The Hall–Kier alpha value is -0.850. The van der Waals surface area contributed by atoms with Gasteiger partial charge in [0.2, 0.25) is 5.91 Å². The SMILES string of the molecule is CCCCCCCCCCCCCCCCCCCCCCCCCCC(=O)N[C@@H](COC1OC(CO)C(O)C(O)C1O)[C@H](O)[C@H](O)CCCCCCCCCCCCCC. The number of carbonyl (C=O) groups excluding carboxylic acids is 1. The second kappa shape index (κ2) is 41.8. The van der Waals surface area contributed by atoms with E-state index in [1.54, 1.807) is 0 Å². The van der Waals surface area contributed by atoms with Crippen molar-refractivity contribution >= 4 is 5.91 Å². The molecule has 7 N–H and O–H groups in total. The maximum Gasteiger partial charge on any atom is 0.220 e. The van der Waals surface area contributed by atoms with Crippen LogP contribution >= 0.6 is 0 Å². The number of amides is 1. The van der Waals surface area contributed by atoms with Gasteiger partial charge in [-0.1, -0.05) is 239 Å². The number of aliphatic hydroxyl groups excluding tert-OH is 6. The molecule has 364 valence electrons. The molecule has 0 saturated carbocycles. The van der Waals surface area contributed by atoms with Gasteiger partial charge in [0, 0.05) is 6.42 Å². The highest BCUT2D eigenvalue weighted by atomic mass is 16.7. The molecule has 1 fully saturated rings. The lowest BCUT2D eigenvalue weighted by molar-refractivity contribution is -0.303. The van der Waals surface area contributed by atoms with Crippen molar-refractivity contribution in [2.45, 2.75) is 307 Å². The molecule has 0 aromatic heterocycles. The van der Waals surface area contributed by atoms with Crippen molar-refractivity contribution in [2.75, 3.05) is 13.2 Å². The summed E-state index contributed by atoms with van der Waals surface area (Å²) in [7, 11) is 0. The minimum absolute atomic E-state index is 0.252. The van der Waals surface area contributed by atoms with Crippen molar-refractivity contribution in [3.8, 4) is 0 Å². The van der Waals surface area contributed by atoms with Gasteiger partial charge in [0.1, 0.15) is 30.5 Å². The quantitative estimate of drug-likeness (QED) is 0.0295. The van der Waals surface area contributed by atoms with Crippen molar-refractivity contribution in [2.24, 2.45) is 0 Å². The van der Waals surface area contributed by atoms with E-state index in [2.05, 4.69) is 19.2 Å². The Morgan fingerprint density at radius 1 is 0.508 bits per heavy atom. The zero-order valence-electron chi connectivity index (χ0n) is 39.8. The molecule has 8 atom stereocenters. The number of hydrogen-bond donors (Lipinski definition) is 7. The molecule has 0 spiro atoms. The summed E-state index contributed by atoms with van der Waals surface area (Å²) >= 11 is 0. The molecule has 1 saturated heterocycles. The van der Waals surface area contributed by atoms with Crippen LogP contribution in [0.25, 0.3) is 0 Å². The lowest BCUT2D eigenvalue weighted by atomic mass is 9.98. The van der Waals surface area contributed by atoms with E-state index in [0.717, 1.165) is 38.5 Å². The molecule has 0 aliphatic carbocycles. The second-order valence-electron chi connectivity index (χ2n) is 18.8. The van der Waals surface area contributed by atoms with Crippen LogP contribution in [0.2, 0.25) is 0 Å². The first kappa shape index (κ1) is 58.2. The first-order chi connectivity index (χ1) is 29.8. The molecule has 0 aromatic carbocycles. The number of rotatable bonds is 45. The van der Waals surface area contributed by atoms with Crippen LogP contribution in [-0.4, -0.2) is 98.7 Å². The number of ether oxygens (including phenoxy) is 2. The lowest BCUT2D eigenvalue weighted by Gasteiger charge is -2.40. The van der Waals surface area contributed by atoms with Crippen LogP contribution < -0.4 is 5.32 Å². The van der Waals surface area contributed by atoms with E-state index in [1.807, 2.05) is 0 Å². The summed E-state index contributed by atoms with van der Waals surface area (Å²) in [5, 5.41) is 65.3. The zero-order chi connectivity index (χ0) is 44.6. The maximum atomic E-state index is 13.0. The molecule has 10 heteroatoms. The Balaban J connectivity index is 2.24. The van der Waals surface area contributed by atoms with Crippen LogP contribution in [0.15, 0.2) is 0 Å². The van der Waals surface area contributed by atoms with Crippen molar-refractivity contribution in [1.29, 1.82) is 0 Å². The molecule has 0 aromatic rings. The number of nitrogens with one attached hydrogen (secondary N) is 1. The van der Waals surface area contributed by atoms with Crippen LogP contribution in [0.4, 0.5) is 0 Å². The Bertz CT molecular complexity index is 942. The largest absolute Gasteiger partial charge is 0.394 e. The topological polar surface area (TPSA) is 169 Å². The molecule has 1 heterocycles. The summed E-state index contributed by atoms with van der Waals surface area (Å²) in [6.45, 7) is 3.63. The fourth-order valence-electron chi connectivity index (χ4n) is 8.79. The molecular weight excluding hydrogens is 771 g/mol. The highest BCUT2D eigenvalue weighted by Crippen LogP contribution is 2.23. The van der Waals surface area contributed by atoms with Crippen molar-refractivity contribution < 1.29 is 44.9 Å². The van der Waals surface area contributed by atoms with Gasteiger partial charge in [0.15, 0.2) is 6.29 Å². The minimum atomic E-state index is -1.60. The summed E-state index contributed by atoms with van der Waals surface area (Å²) in [4.78, 5) is 13.0. The Kier molecular flexibility index (Phi) is 39.9. The smallest absolute Gasteiger partial charge is 0.220 e. The van der Waals surface area contributed by atoms with E-state index in [9.17, 15) is 35.4 Å². The van der Waals surface area contributed by atoms with Crippen molar-refractivity contribution in [3.63, 3.8) is 0 Å². The van der Waals surface area contributed by atoms with E-state index in [4.69, 9.17) is 9.47 Å². The van der Waals surface area contributed by atoms with Crippen LogP contribution in [0.5, 0.6) is 0 Å². The Morgan fingerprint density at radius 2 is 0.852 bits per heavy atom. The van der Waals surface area contributed by atoms with Crippen molar-refractivity contribution in [1.82, 2.24) is 5.32 Å². The van der Waals surface area contributed by atoms with Crippen LogP contribution in [0.1, 0.15) is 258 Å². The van der Waals surface area contributed by atoms with Gasteiger partial charge in [-0.25, -0.2) is 0 Å². The normalized spacial score (nSPS) is 20.8. The molecular formula is C51H101NO9. The highest BCUT2D eigenvalue weighted by Gasteiger charge is 2.44. The third-order valence-electron chi connectivity index (χ3n) is 13.1. The van der Waals surface area contributed by atoms with Crippen molar-refractivity contribution in [3.05, 3.63) is 0 Å². The standard InChI is InChI=1S/C51H101NO9/c1-3-5-7-9-11-13-15-17-18-19-20-21-22-23-24-25-26-27-28-30-32-34-36-38-40-46(55)52-43(42-60-51-50(59)49(58)48(57)45(41-53)61-51)47(56)44(54)39-37-35-33-31-29-16-14-12-10-8-6-4-2/h43-45,47-51,53-54,56-59H,3-42H2,1-2H3,(H,52,55)/t43-,44+,45?,47-,48?,49?,50?,51?/m0/s1. The first-order valence-corrected chi connectivity index (χ1v) is 26.3. The van der Waals surface area contributed by atoms with Crippen LogP contribution in [0, 0.1) is 0 Å². The summed E-state index contributed by atoms with van der Waals surface area (Å²) in [6.07, 6.45) is 36.9. The monoisotopic (exact) mass is 872 g/mol. The summed E-state index contributed by atoms with van der Waals surface area (Å²) < 4.78 is 11.2. The fourth-order valence-corrected chi connectivity index (χ4v) is 8.79. The molecule has 1 amide bonds. The maximum absolute atomic E-state index is 13.0. The fraction of sp³-hybridized carbons (Fsp3) is 0.980. The molecule has 1 aliphatic heterocycles. The molecule has 0 bridgehead atoms. The van der Waals surface area contributed by atoms with Gasteiger partial charge in [-0.3, -0.25) is 4.79 Å². The van der Waals surface area contributed by atoms with Gasteiger partial charge < -0.3 is 45.4 Å². The Morgan fingerprint density at radius 3 is 1.21 bits per heavy atom.